The molecule has 0 bridgehead atoms. The molecule has 2 aliphatic heterocycles. The van der Waals surface area contributed by atoms with E-state index < -0.39 is 5.66 Å². The van der Waals surface area contributed by atoms with Gasteiger partial charge in [-0.05, 0) is 53.6 Å². The van der Waals surface area contributed by atoms with Crippen LogP contribution in [0.2, 0.25) is 0 Å². The van der Waals surface area contributed by atoms with Gasteiger partial charge in [-0.3, -0.25) is 4.79 Å². The van der Waals surface area contributed by atoms with Crippen LogP contribution in [0.25, 0.3) is 27.9 Å². The number of anilines is 1. The number of rotatable bonds is 2. The van der Waals surface area contributed by atoms with Crippen LogP contribution in [0.5, 0.6) is 0 Å². The predicted molar refractivity (Wildman–Crippen MR) is 139 cm³/mol. The van der Waals surface area contributed by atoms with Crippen LogP contribution in [-0.2, 0) is 17.3 Å². The van der Waals surface area contributed by atoms with E-state index in [0.29, 0.717) is 13.0 Å². The zero-order valence-electron chi connectivity index (χ0n) is 19.0. The summed E-state index contributed by atoms with van der Waals surface area (Å²) in [7, 11) is 2.12. The Hall–Kier alpha value is -3.05. The topological polar surface area (TPSA) is 37.3 Å². The highest BCUT2D eigenvalue weighted by atomic mass is 79.9. The molecule has 0 spiro atoms. The first-order valence-electron chi connectivity index (χ1n) is 11.4. The standard InChI is InChI=1S/C28H26BrN3O/c1-27(2)22-17-19(29)9-11-25(22)32-15-13-26(33)30-28(27,32)14-12-18-8-10-24-21(16-18)20-6-4-5-7-23(20)31(24)3/h4-12,14,16-17H,13,15H2,1-3H3,(H,30,33)/b14-12+. The predicted octanol–water partition coefficient (Wildman–Crippen LogP) is 6.12. The van der Waals surface area contributed by atoms with E-state index >= 15 is 0 Å². The van der Waals surface area contributed by atoms with E-state index in [1.54, 1.807) is 0 Å². The smallest absolute Gasteiger partial charge is 0.223 e. The average molecular weight is 500 g/mol. The maximum Gasteiger partial charge on any atom is 0.223 e. The Morgan fingerprint density at radius 3 is 2.64 bits per heavy atom. The fourth-order valence-electron chi connectivity index (χ4n) is 5.83. The third kappa shape index (κ3) is 2.78. The van der Waals surface area contributed by atoms with Gasteiger partial charge in [-0.2, -0.15) is 0 Å². The van der Waals surface area contributed by atoms with Gasteiger partial charge in [0, 0.05) is 57.4 Å². The molecule has 5 heteroatoms. The largest absolute Gasteiger partial charge is 0.344 e. The van der Waals surface area contributed by atoms with Crippen molar-refractivity contribution in [1.82, 2.24) is 9.88 Å². The number of carbonyl (C=O) groups excluding carboxylic acids is 1. The third-order valence-electron chi connectivity index (χ3n) is 7.65. The van der Waals surface area contributed by atoms with E-state index in [4.69, 9.17) is 0 Å². The van der Waals surface area contributed by atoms with Crippen LogP contribution in [0.3, 0.4) is 0 Å². The molecule has 0 radical (unpaired) electrons. The van der Waals surface area contributed by atoms with Gasteiger partial charge in [-0.15, -0.1) is 0 Å². The van der Waals surface area contributed by atoms with Crippen molar-refractivity contribution < 1.29 is 4.79 Å². The second-order valence-electron chi connectivity index (χ2n) is 9.69. The molecule has 3 aromatic carbocycles. The Bertz CT molecular complexity index is 1480. The summed E-state index contributed by atoms with van der Waals surface area (Å²) < 4.78 is 3.30. The molecule has 0 saturated carbocycles. The Kier molecular flexibility index (Phi) is 4.34. The number of aromatic nitrogens is 1. The summed E-state index contributed by atoms with van der Waals surface area (Å²) in [6.07, 6.45) is 4.87. The molecule has 3 heterocycles. The number of fused-ring (bicyclic) bond motifs is 6. The number of nitrogens with one attached hydrogen (secondary N) is 1. The fourth-order valence-corrected chi connectivity index (χ4v) is 6.19. The van der Waals surface area contributed by atoms with Gasteiger partial charge >= 0.3 is 0 Å². The lowest BCUT2D eigenvalue weighted by atomic mass is 9.74. The Morgan fingerprint density at radius 1 is 1.00 bits per heavy atom. The summed E-state index contributed by atoms with van der Waals surface area (Å²) in [6.45, 7) is 5.15. The molecule has 1 saturated heterocycles. The molecule has 1 fully saturated rings. The van der Waals surface area contributed by atoms with Crippen LogP contribution in [0.1, 0.15) is 31.4 Å². The van der Waals surface area contributed by atoms with Crippen LogP contribution in [0, 0.1) is 0 Å². The number of halogens is 1. The molecule has 0 aliphatic carbocycles. The molecule has 1 aromatic heterocycles. The number of hydrogen-bond acceptors (Lipinski definition) is 2. The van der Waals surface area contributed by atoms with Gasteiger partial charge in [-0.25, -0.2) is 0 Å². The first-order chi connectivity index (χ1) is 15.8. The second kappa shape index (κ2) is 6.97. The zero-order chi connectivity index (χ0) is 23.0. The van der Waals surface area contributed by atoms with Crippen molar-refractivity contribution in [3.63, 3.8) is 0 Å². The van der Waals surface area contributed by atoms with Crippen molar-refractivity contribution in [2.45, 2.75) is 31.3 Å². The molecule has 33 heavy (non-hydrogen) atoms. The summed E-state index contributed by atoms with van der Waals surface area (Å²) in [5, 5.41) is 5.87. The Labute approximate surface area is 202 Å². The van der Waals surface area contributed by atoms with Crippen LogP contribution >= 0.6 is 15.9 Å². The minimum Gasteiger partial charge on any atom is -0.344 e. The van der Waals surface area contributed by atoms with E-state index in [9.17, 15) is 4.79 Å². The molecule has 4 nitrogen and oxygen atoms in total. The summed E-state index contributed by atoms with van der Waals surface area (Å²) in [6, 6.07) is 21.6. The maximum atomic E-state index is 12.7. The van der Waals surface area contributed by atoms with Crippen LogP contribution < -0.4 is 10.2 Å². The molecule has 166 valence electrons. The van der Waals surface area contributed by atoms with Gasteiger partial charge in [-0.1, -0.05) is 60.1 Å². The van der Waals surface area contributed by atoms with Crippen molar-refractivity contribution in [3.05, 3.63) is 82.3 Å². The summed E-state index contributed by atoms with van der Waals surface area (Å²) >= 11 is 3.64. The van der Waals surface area contributed by atoms with Crippen LogP contribution in [-0.4, -0.2) is 22.7 Å². The SMILES string of the molecule is Cn1c2ccccc2c2cc(/C=C/C34NC(=O)CCN3c3ccc(Br)cc3C4(C)C)ccc21. The minimum absolute atomic E-state index is 0.0975. The number of amides is 1. The lowest BCUT2D eigenvalue weighted by molar-refractivity contribution is -0.124. The lowest BCUT2D eigenvalue weighted by Crippen LogP contribution is -2.68. The van der Waals surface area contributed by atoms with Crippen molar-refractivity contribution in [2.24, 2.45) is 7.05 Å². The maximum absolute atomic E-state index is 12.7. The molecular formula is C28H26BrN3O. The molecule has 2 aliphatic rings. The quantitative estimate of drug-likeness (QED) is 0.360. The molecular weight excluding hydrogens is 474 g/mol. The Morgan fingerprint density at radius 2 is 1.79 bits per heavy atom. The van der Waals surface area contributed by atoms with Gasteiger partial charge in [0.05, 0.1) is 0 Å². The first kappa shape index (κ1) is 20.5. The first-order valence-corrected chi connectivity index (χ1v) is 12.2. The fraction of sp³-hybridized carbons (Fsp3) is 0.250. The zero-order valence-corrected chi connectivity index (χ0v) is 20.6. The second-order valence-corrected chi connectivity index (χ2v) is 10.6. The molecule has 1 unspecified atom stereocenters. The number of benzene rings is 3. The van der Waals surface area contributed by atoms with E-state index in [1.807, 2.05) is 0 Å². The highest BCUT2D eigenvalue weighted by Crippen LogP contribution is 2.53. The molecule has 4 aromatic rings. The summed E-state index contributed by atoms with van der Waals surface area (Å²) in [5.74, 6) is 0.0975. The van der Waals surface area contributed by atoms with Gasteiger partial charge in [0.25, 0.3) is 0 Å². The molecule has 1 atom stereocenters. The number of carbonyl (C=O) groups is 1. The van der Waals surface area contributed by atoms with Crippen molar-refractivity contribution in [1.29, 1.82) is 0 Å². The highest BCUT2D eigenvalue weighted by Gasteiger charge is 2.57. The van der Waals surface area contributed by atoms with Crippen molar-refractivity contribution in [3.8, 4) is 0 Å². The summed E-state index contributed by atoms with van der Waals surface area (Å²) in [4.78, 5) is 15.0. The molecule has 1 amide bonds. The molecule has 6 rings (SSSR count). The van der Waals surface area contributed by atoms with Gasteiger partial charge in [0.15, 0.2) is 0 Å². The number of aryl methyl sites for hydroxylation is 1. The highest BCUT2D eigenvalue weighted by molar-refractivity contribution is 9.10. The van der Waals surface area contributed by atoms with E-state index in [1.165, 1.54) is 33.1 Å². The normalized spacial score (nSPS) is 21.6. The third-order valence-corrected chi connectivity index (χ3v) is 8.14. The van der Waals surface area contributed by atoms with E-state index in [0.717, 1.165) is 10.0 Å². The van der Waals surface area contributed by atoms with Gasteiger partial charge in [0.1, 0.15) is 5.66 Å². The number of hydrogen-bond donors (Lipinski definition) is 1. The minimum atomic E-state index is -0.612. The van der Waals surface area contributed by atoms with Crippen molar-refractivity contribution in [2.75, 3.05) is 11.4 Å². The van der Waals surface area contributed by atoms with E-state index in [-0.39, 0.29) is 11.3 Å². The number of para-hydroxylation sites is 1. The Balaban J connectivity index is 1.49. The van der Waals surface area contributed by atoms with E-state index in [2.05, 4.69) is 124 Å². The average Bonchev–Trinajstić information content (AvgIpc) is 3.19. The number of nitrogens with zero attached hydrogens (tertiary/aromatic N) is 2. The van der Waals surface area contributed by atoms with Crippen LogP contribution in [0.4, 0.5) is 5.69 Å². The van der Waals surface area contributed by atoms with Crippen LogP contribution in [0.15, 0.2) is 71.2 Å². The van der Waals surface area contributed by atoms with Gasteiger partial charge in [0.2, 0.25) is 5.91 Å². The van der Waals surface area contributed by atoms with Crippen molar-refractivity contribution >= 4 is 55.4 Å². The lowest BCUT2D eigenvalue weighted by Gasteiger charge is -2.49. The monoisotopic (exact) mass is 499 g/mol. The molecule has 1 N–H and O–H groups in total. The van der Waals surface area contributed by atoms with Gasteiger partial charge < -0.3 is 14.8 Å². The summed E-state index contributed by atoms with van der Waals surface area (Å²) in [5.41, 5.74) is 5.10.